The molecule has 0 radical (unpaired) electrons. The van der Waals surface area contributed by atoms with Gasteiger partial charge in [-0.05, 0) is 23.8 Å². The van der Waals surface area contributed by atoms with Gasteiger partial charge in [-0.25, -0.2) is 4.98 Å². The minimum absolute atomic E-state index is 0.164. The van der Waals surface area contributed by atoms with Gasteiger partial charge in [0.15, 0.2) is 6.61 Å². The summed E-state index contributed by atoms with van der Waals surface area (Å²) in [5, 5.41) is 9.46. The van der Waals surface area contributed by atoms with Gasteiger partial charge in [0.2, 0.25) is 5.88 Å². The van der Waals surface area contributed by atoms with E-state index in [0.717, 1.165) is 11.1 Å². The van der Waals surface area contributed by atoms with Crippen molar-refractivity contribution in [3.8, 4) is 23.8 Å². The Labute approximate surface area is 133 Å². The molecule has 0 aliphatic rings. The molecule has 0 saturated carbocycles. The first-order valence-electron chi connectivity index (χ1n) is 6.07. The van der Waals surface area contributed by atoms with Crippen LogP contribution in [0.4, 0.5) is 0 Å². The number of rotatable bonds is 3. The van der Waals surface area contributed by atoms with Crippen molar-refractivity contribution in [2.24, 2.45) is 0 Å². The highest BCUT2D eigenvalue weighted by molar-refractivity contribution is 6.35. The third kappa shape index (κ3) is 4.68. The normalized spacial score (nSPS) is 9.38. The molecule has 0 amide bonds. The minimum Gasteiger partial charge on any atom is -0.463 e. The highest BCUT2D eigenvalue weighted by Gasteiger charge is 2.02. The summed E-state index contributed by atoms with van der Waals surface area (Å²) >= 11 is 11.7. The molecule has 0 unspecified atom stereocenters. The van der Waals surface area contributed by atoms with Gasteiger partial charge < -0.3 is 4.74 Å². The van der Waals surface area contributed by atoms with Gasteiger partial charge in [-0.3, -0.25) is 0 Å². The van der Waals surface area contributed by atoms with Gasteiger partial charge in [-0.1, -0.05) is 47.2 Å². The zero-order chi connectivity index (χ0) is 15.1. The number of halogens is 2. The van der Waals surface area contributed by atoms with E-state index in [1.807, 2.05) is 24.3 Å². The van der Waals surface area contributed by atoms with Crippen LogP contribution in [0.1, 0.15) is 11.1 Å². The van der Waals surface area contributed by atoms with E-state index in [0.29, 0.717) is 22.3 Å². The first-order valence-corrected chi connectivity index (χ1v) is 6.83. The number of pyridine rings is 1. The van der Waals surface area contributed by atoms with Crippen LogP contribution in [0.15, 0.2) is 36.5 Å². The second-order valence-corrected chi connectivity index (χ2v) is 4.91. The van der Waals surface area contributed by atoms with E-state index >= 15 is 0 Å². The van der Waals surface area contributed by atoms with Crippen molar-refractivity contribution >= 4 is 23.2 Å². The van der Waals surface area contributed by atoms with Crippen LogP contribution in [0.25, 0.3) is 0 Å². The predicted molar refractivity (Wildman–Crippen MR) is 82.4 cm³/mol. The first kappa shape index (κ1) is 15.2. The Bertz CT molecular complexity index is 742. The topological polar surface area (TPSA) is 45.9 Å². The molecule has 0 N–H and O–H groups in total. The Morgan fingerprint density at radius 3 is 2.86 bits per heavy atom. The van der Waals surface area contributed by atoms with E-state index in [9.17, 15) is 0 Å². The van der Waals surface area contributed by atoms with E-state index in [1.54, 1.807) is 6.07 Å². The molecular weight excluding hydrogens is 307 g/mol. The molecule has 0 saturated heterocycles. The van der Waals surface area contributed by atoms with Crippen molar-refractivity contribution in [1.82, 2.24) is 4.98 Å². The number of benzene rings is 1. The lowest BCUT2D eigenvalue weighted by Crippen LogP contribution is -1.97. The third-order valence-corrected chi connectivity index (χ3v) is 2.98. The van der Waals surface area contributed by atoms with E-state index in [1.165, 1.54) is 6.20 Å². The Kier molecular flexibility index (Phi) is 5.46. The largest absolute Gasteiger partial charge is 0.463 e. The van der Waals surface area contributed by atoms with Gasteiger partial charge in [-0.2, -0.15) is 5.26 Å². The van der Waals surface area contributed by atoms with Crippen molar-refractivity contribution in [2.45, 2.75) is 6.42 Å². The second-order valence-electron chi connectivity index (χ2n) is 4.07. The quantitative estimate of drug-likeness (QED) is 0.807. The molecule has 1 aromatic heterocycles. The summed E-state index contributed by atoms with van der Waals surface area (Å²) in [6, 6.07) is 11.2. The van der Waals surface area contributed by atoms with Crippen molar-refractivity contribution < 1.29 is 4.74 Å². The molecule has 1 aromatic carbocycles. The molecule has 3 nitrogen and oxygen atoms in total. The Morgan fingerprint density at radius 1 is 1.24 bits per heavy atom. The first-order chi connectivity index (χ1) is 10.2. The molecule has 104 valence electrons. The molecule has 2 rings (SSSR count). The molecule has 0 aliphatic carbocycles. The van der Waals surface area contributed by atoms with Crippen LogP contribution in [0.5, 0.6) is 5.88 Å². The van der Waals surface area contributed by atoms with Crippen LogP contribution in [0.2, 0.25) is 10.0 Å². The van der Waals surface area contributed by atoms with Crippen LogP contribution < -0.4 is 4.74 Å². The predicted octanol–water partition coefficient (Wildman–Crippen LogP) is 3.88. The summed E-state index contributed by atoms with van der Waals surface area (Å²) < 4.78 is 5.36. The highest BCUT2D eigenvalue weighted by atomic mass is 35.5. The van der Waals surface area contributed by atoms with Gasteiger partial charge in [0, 0.05) is 11.8 Å². The lowest BCUT2D eigenvalue weighted by Gasteiger charge is -2.02. The summed E-state index contributed by atoms with van der Waals surface area (Å²) in [4.78, 5) is 3.97. The second kappa shape index (κ2) is 7.55. The maximum absolute atomic E-state index is 8.66. The molecule has 21 heavy (non-hydrogen) atoms. The third-order valence-electron chi connectivity index (χ3n) is 2.50. The number of nitriles is 1. The average molecular weight is 317 g/mol. The van der Waals surface area contributed by atoms with E-state index in [-0.39, 0.29) is 6.61 Å². The minimum atomic E-state index is 0.164. The molecule has 0 bridgehead atoms. The highest BCUT2D eigenvalue weighted by Crippen LogP contribution is 2.24. The molecular formula is C16H10Cl2N2O. The lowest BCUT2D eigenvalue weighted by molar-refractivity contribution is 0.355. The summed E-state index contributed by atoms with van der Waals surface area (Å²) in [7, 11) is 0. The molecule has 0 fully saturated rings. The molecule has 5 heteroatoms. The molecule has 2 aromatic rings. The average Bonchev–Trinajstić information content (AvgIpc) is 2.46. The van der Waals surface area contributed by atoms with E-state index < -0.39 is 0 Å². The number of hydrogen-bond donors (Lipinski definition) is 0. The summed E-state index contributed by atoms with van der Waals surface area (Å²) in [5.41, 5.74) is 1.77. The number of ether oxygens (including phenoxy) is 1. The monoisotopic (exact) mass is 316 g/mol. The van der Waals surface area contributed by atoms with Gasteiger partial charge in [0.25, 0.3) is 0 Å². The lowest BCUT2D eigenvalue weighted by atomic mass is 10.1. The zero-order valence-corrected chi connectivity index (χ0v) is 12.4. The number of hydrogen-bond acceptors (Lipinski definition) is 3. The number of aromatic nitrogens is 1. The maximum Gasteiger partial charge on any atom is 0.233 e. The fraction of sp³-hybridized carbons (Fsp3) is 0.125. The molecule has 0 atom stereocenters. The zero-order valence-electron chi connectivity index (χ0n) is 10.9. The van der Waals surface area contributed by atoms with Crippen molar-refractivity contribution in [3.63, 3.8) is 0 Å². The Balaban J connectivity index is 1.98. The number of nitrogens with zero attached hydrogens (tertiary/aromatic N) is 2. The van der Waals surface area contributed by atoms with E-state index in [2.05, 4.69) is 22.9 Å². The molecule has 0 aliphatic heterocycles. The fourth-order valence-electron chi connectivity index (χ4n) is 1.60. The molecule has 0 spiro atoms. The fourth-order valence-corrected chi connectivity index (χ4v) is 2.04. The van der Waals surface area contributed by atoms with Crippen molar-refractivity contribution in [1.29, 1.82) is 5.26 Å². The van der Waals surface area contributed by atoms with Crippen LogP contribution in [-0.2, 0) is 6.42 Å². The summed E-state index contributed by atoms with van der Waals surface area (Å²) in [6.07, 6.45) is 1.83. The van der Waals surface area contributed by atoms with Gasteiger partial charge in [0.1, 0.15) is 5.02 Å². The van der Waals surface area contributed by atoms with Gasteiger partial charge in [0.05, 0.1) is 17.5 Å². The summed E-state index contributed by atoms with van der Waals surface area (Å²) in [5.74, 6) is 6.14. The standard InChI is InChI=1S/C16H10Cl2N2O/c17-14-10-15(18)16(20-11-14)21-8-2-5-12-3-1-4-13(9-12)6-7-19/h1,3-4,9-11H,6,8H2. The Morgan fingerprint density at radius 2 is 2.10 bits per heavy atom. The molecule has 1 heterocycles. The van der Waals surface area contributed by atoms with Gasteiger partial charge in [-0.15, -0.1) is 0 Å². The Hall–Kier alpha value is -2.20. The van der Waals surface area contributed by atoms with Crippen LogP contribution >= 0.6 is 23.2 Å². The van der Waals surface area contributed by atoms with Crippen LogP contribution in [0.3, 0.4) is 0 Å². The maximum atomic E-state index is 8.66. The van der Waals surface area contributed by atoms with Crippen LogP contribution in [-0.4, -0.2) is 11.6 Å². The van der Waals surface area contributed by atoms with E-state index in [4.69, 9.17) is 33.2 Å². The van der Waals surface area contributed by atoms with Crippen molar-refractivity contribution in [2.75, 3.05) is 6.61 Å². The van der Waals surface area contributed by atoms with Crippen molar-refractivity contribution in [3.05, 3.63) is 57.7 Å². The summed E-state index contributed by atoms with van der Waals surface area (Å²) in [6.45, 7) is 0.164. The smallest absolute Gasteiger partial charge is 0.233 e. The van der Waals surface area contributed by atoms with Crippen LogP contribution in [0, 0.1) is 23.2 Å². The SMILES string of the molecule is N#CCc1cccc(C#CCOc2ncc(Cl)cc2Cl)c1. The van der Waals surface area contributed by atoms with Gasteiger partial charge >= 0.3 is 0 Å².